The topological polar surface area (TPSA) is 120 Å². The number of anilines is 1. The summed E-state index contributed by atoms with van der Waals surface area (Å²) in [5, 5.41) is 10.2. The number of hydrogen-bond acceptors (Lipinski definition) is 6. The van der Waals surface area contributed by atoms with Crippen molar-refractivity contribution in [3.63, 3.8) is 0 Å². The lowest BCUT2D eigenvalue weighted by atomic mass is 10.1. The zero-order valence-electron chi connectivity index (χ0n) is 15.3. The van der Waals surface area contributed by atoms with Gasteiger partial charge in [0, 0.05) is 11.5 Å². The fraction of sp³-hybridized carbons (Fsp3) is 0.263. The predicted molar refractivity (Wildman–Crippen MR) is 102 cm³/mol. The molecule has 0 aliphatic carbocycles. The molecule has 1 aromatic carbocycles. The number of nitrogens with two attached hydrogens (primary N) is 1. The number of esters is 1. The molecule has 0 spiro atoms. The van der Waals surface area contributed by atoms with Crippen LogP contribution in [0, 0.1) is 0 Å². The minimum atomic E-state index is -1.04. The highest BCUT2D eigenvalue weighted by molar-refractivity contribution is 6.12. The van der Waals surface area contributed by atoms with E-state index in [1.54, 1.807) is 43.5 Å². The molecule has 2 heterocycles. The first-order chi connectivity index (χ1) is 12.7. The molecule has 0 fully saturated rings. The number of carbonyl (C=O) groups is 2. The minimum Gasteiger partial charge on any atom is -0.478 e. The standard InChI is InChI=1S/C19H20N4O4/c1-19(2,3)27-15(26)9-23-13-6-4-11(5-7-14(24)25)8-12(13)16-17(20)21-10-22-18(16)23/h4-8,10H,9H2,1-3H3,(H,24,25)(H2,20,21,22)/b7-5+. The quantitative estimate of drug-likeness (QED) is 0.536. The summed E-state index contributed by atoms with van der Waals surface area (Å²) in [6.45, 7) is 5.38. The first-order valence-electron chi connectivity index (χ1n) is 8.31. The summed E-state index contributed by atoms with van der Waals surface area (Å²) < 4.78 is 7.14. The highest BCUT2D eigenvalue weighted by Crippen LogP contribution is 2.31. The Balaban J connectivity index is 2.16. The van der Waals surface area contributed by atoms with E-state index >= 15 is 0 Å². The van der Waals surface area contributed by atoms with Crippen LogP contribution in [-0.4, -0.2) is 37.2 Å². The Morgan fingerprint density at radius 1 is 1.30 bits per heavy atom. The Hall–Kier alpha value is -3.42. The van der Waals surface area contributed by atoms with Crippen LogP contribution in [-0.2, 0) is 20.9 Å². The zero-order chi connectivity index (χ0) is 19.8. The molecule has 0 aliphatic rings. The number of aromatic nitrogens is 3. The Bertz CT molecular complexity index is 1080. The smallest absolute Gasteiger partial charge is 0.328 e. The number of nitrogen functional groups attached to an aromatic ring is 1. The Labute approximate surface area is 155 Å². The molecule has 2 aromatic heterocycles. The summed E-state index contributed by atoms with van der Waals surface area (Å²) in [6.07, 6.45) is 3.88. The molecule has 0 saturated carbocycles. The van der Waals surface area contributed by atoms with E-state index in [0.717, 1.165) is 17.0 Å². The minimum absolute atomic E-state index is 0.0297. The number of rotatable bonds is 4. The van der Waals surface area contributed by atoms with Crippen molar-refractivity contribution in [2.75, 3.05) is 5.73 Å². The van der Waals surface area contributed by atoms with Crippen LogP contribution < -0.4 is 5.73 Å². The van der Waals surface area contributed by atoms with Crippen molar-refractivity contribution in [3.05, 3.63) is 36.2 Å². The van der Waals surface area contributed by atoms with Crippen molar-refractivity contribution in [2.45, 2.75) is 32.9 Å². The summed E-state index contributed by atoms with van der Waals surface area (Å²) in [7, 11) is 0. The van der Waals surface area contributed by atoms with Gasteiger partial charge in [-0.25, -0.2) is 14.8 Å². The number of ether oxygens (including phenoxy) is 1. The maximum atomic E-state index is 12.3. The van der Waals surface area contributed by atoms with Crippen LogP contribution in [0.1, 0.15) is 26.3 Å². The predicted octanol–water partition coefficient (Wildman–Crippen LogP) is 2.61. The summed E-state index contributed by atoms with van der Waals surface area (Å²) in [4.78, 5) is 31.4. The molecule has 0 saturated heterocycles. The van der Waals surface area contributed by atoms with Gasteiger partial charge in [0.15, 0.2) is 0 Å². The number of carboxylic acid groups (broad SMARTS) is 1. The first-order valence-corrected chi connectivity index (χ1v) is 8.31. The van der Waals surface area contributed by atoms with Crippen LogP contribution in [0.25, 0.3) is 28.0 Å². The van der Waals surface area contributed by atoms with E-state index in [1.165, 1.54) is 12.4 Å². The van der Waals surface area contributed by atoms with Gasteiger partial charge in [-0.1, -0.05) is 6.07 Å². The number of benzene rings is 1. The molecule has 3 N–H and O–H groups in total. The van der Waals surface area contributed by atoms with Gasteiger partial charge in [-0.05, 0) is 44.5 Å². The summed E-state index contributed by atoms with van der Waals surface area (Å²) in [5.74, 6) is -1.15. The molecule has 0 amide bonds. The lowest BCUT2D eigenvalue weighted by Crippen LogP contribution is -2.26. The van der Waals surface area contributed by atoms with Gasteiger partial charge < -0.3 is 20.1 Å². The fourth-order valence-electron chi connectivity index (χ4n) is 2.89. The average molecular weight is 368 g/mol. The second kappa shape index (κ2) is 6.71. The van der Waals surface area contributed by atoms with Crippen LogP contribution in [0.5, 0.6) is 0 Å². The van der Waals surface area contributed by atoms with Crippen molar-refractivity contribution in [1.29, 1.82) is 0 Å². The van der Waals surface area contributed by atoms with Gasteiger partial charge >= 0.3 is 11.9 Å². The lowest BCUT2D eigenvalue weighted by molar-refractivity contribution is -0.155. The van der Waals surface area contributed by atoms with E-state index in [9.17, 15) is 9.59 Å². The van der Waals surface area contributed by atoms with Gasteiger partial charge in [-0.3, -0.25) is 4.79 Å². The second-order valence-corrected chi connectivity index (χ2v) is 7.08. The molecular weight excluding hydrogens is 348 g/mol. The lowest BCUT2D eigenvalue weighted by Gasteiger charge is -2.20. The number of carboxylic acids is 1. The molecule has 27 heavy (non-hydrogen) atoms. The maximum absolute atomic E-state index is 12.3. The van der Waals surface area contributed by atoms with E-state index in [4.69, 9.17) is 15.6 Å². The molecule has 0 unspecified atom stereocenters. The van der Waals surface area contributed by atoms with E-state index in [0.29, 0.717) is 16.6 Å². The largest absolute Gasteiger partial charge is 0.478 e. The molecule has 0 atom stereocenters. The number of hydrogen-bond donors (Lipinski definition) is 2. The SMILES string of the molecule is CC(C)(C)OC(=O)Cn1c2ccc(/C=C/C(=O)O)cc2c2c(N)ncnc21. The molecule has 8 nitrogen and oxygen atoms in total. The van der Waals surface area contributed by atoms with Crippen molar-refractivity contribution >= 4 is 45.8 Å². The summed E-state index contributed by atoms with van der Waals surface area (Å²) in [5.41, 5.74) is 7.38. The Morgan fingerprint density at radius 3 is 2.70 bits per heavy atom. The molecule has 140 valence electrons. The van der Waals surface area contributed by atoms with Gasteiger partial charge in [0.2, 0.25) is 0 Å². The molecule has 8 heteroatoms. The molecule has 0 bridgehead atoms. The van der Waals surface area contributed by atoms with Crippen molar-refractivity contribution in [2.24, 2.45) is 0 Å². The third-order valence-electron chi connectivity index (χ3n) is 3.82. The van der Waals surface area contributed by atoms with Crippen molar-refractivity contribution in [1.82, 2.24) is 14.5 Å². The Morgan fingerprint density at radius 2 is 2.04 bits per heavy atom. The third kappa shape index (κ3) is 3.89. The van der Waals surface area contributed by atoms with Gasteiger partial charge in [0.25, 0.3) is 0 Å². The maximum Gasteiger partial charge on any atom is 0.328 e. The van der Waals surface area contributed by atoms with Gasteiger partial charge in [-0.15, -0.1) is 0 Å². The van der Waals surface area contributed by atoms with Crippen molar-refractivity contribution < 1.29 is 19.4 Å². The number of fused-ring (bicyclic) bond motifs is 3. The van der Waals surface area contributed by atoms with Crippen LogP contribution in [0.4, 0.5) is 5.82 Å². The van der Waals surface area contributed by atoms with Crippen molar-refractivity contribution in [3.8, 4) is 0 Å². The van der Waals surface area contributed by atoms with E-state index < -0.39 is 17.5 Å². The molecule has 3 rings (SSSR count). The average Bonchev–Trinajstić information content (AvgIpc) is 2.86. The number of aliphatic carboxylic acids is 1. The third-order valence-corrected chi connectivity index (χ3v) is 3.82. The van der Waals surface area contributed by atoms with Crippen LogP contribution in [0.15, 0.2) is 30.6 Å². The van der Waals surface area contributed by atoms with E-state index in [2.05, 4.69) is 9.97 Å². The first kappa shape index (κ1) is 18.4. The molecule has 0 aliphatic heterocycles. The van der Waals surface area contributed by atoms with Gasteiger partial charge in [0.1, 0.15) is 29.9 Å². The number of nitrogens with zero attached hydrogens (tertiary/aromatic N) is 3. The van der Waals surface area contributed by atoms with Crippen LogP contribution >= 0.6 is 0 Å². The highest BCUT2D eigenvalue weighted by atomic mass is 16.6. The van der Waals surface area contributed by atoms with Gasteiger partial charge in [0.05, 0.1) is 10.9 Å². The zero-order valence-corrected chi connectivity index (χ0v) is 15.3. The highest BCUT2D eigenvalue weighted by Gasteiger charge is 2.21. The molecule has 0 radical (unpaired) electrons. The second-order valence-electron chi connectivity index (χ2n) is 7.08. The normalized spacial score (nSPS) is 12.1. The molecule has 3 aromatic rings. The van der Waals surface area contributed by atoms with Crippen LogP contribution in [0.3, 0.4) is 0 Å². The number of carbonyl (C=O) groups excluding carboxylic acids is 1. The van der Waals surface area contributed by atoms with E-state index in [1.807, 2.05) is 0 Å². The molecular formula is C19H20N4O4. The van der Waals surface area contributed by atoms with E-state index in [-0.39, 0.29) is 12.4 Å². The summed E-state index contributed by atoms with van der Waals surface area (Å²) >= 11 is 0. The summed E-state index contributed by atoms with van der Waals surface area (Å²) in [6, 6.07) is 5.35. The van der Waals surface area contributed by atoms with Gasteiger partial charge in [-0.2, -0.15) is 0 Å². The van der Waals surface area contributed by atoms with Crippen LogP contribution in [0.2, 0.25) is 0 Å². The Kier molecular flexibility index (Phi) is 4.57. The fourth-order valence-corrected chi connectivity index (χ4v) is 2.89. The monoisotopic (exact) mass is 368 g/mol.